The maximum atomic E-state index is 13.0. The Morgan fingerprint density at radius 2 is 1.58 bits per heavy atom. The van der Waals surface area contributed by atoms with Gasteiger partial charge in [-0.1, -0.05) is 42.5 Å². The zero-order valence-electron chi connectivity index (χ0n) is 16.4. The molecular weight excluding hydrogens is 395 g/mol. The lowest BCUT2D eigenvalue weighted by Crippen LogP contribution is -2.05. The zero-order valence-corrected chi connectivity index (χ0v) is 16.4. The third-order valence-electron chi connectivity index (χ3n) is 4.98. The third kappa shape index (κ3) is 3.98. The van der Waals surface area contributed by atoms with Crippen LogP contribution in [0.5, 0.6) is 17.2 Å². The molecule has 0 amide bonds. The van der Waals surface area contributed by atoms with Crippen LogP contribution in [0.15, 0.2) is 100 Å². The minimum absolute atomic E-state index is 0.114. The maximum absolute atomic E-state index is 13.0. The van der Waals surface area contributed by atoms with Crippen molar-refractivity contribution in [3.8, 4) is 17.2 Å². The predicted molar refractivity (Wildman–Crippen MR) is 117 cm³/mol. The molecule has 4 nitrogen and oxygen atoms in total. The Hall–Kier alpha value is -4.12. The minimum atomic E-state index is -0.294. The molecule has 152 valence electrons. The Morgan fingerprint density at radius 3 is 2.42 bits per heavy atom. The molecule has 1 heterocycles. The van der Waals surface area contributed by atoms with Crippen LogP contribution >= 0.6 is 0 Å². The number of benzene rings is 4. The standard InChI is InChI=1S/C26H17FO4/c27-20-8-5-17(6-9-20)15-29-21-11-12-23-24(14-21)30-16-25(26(23)28)31-22-10-7-18-3-1-2-4-19(18)13-22/h1-14,16H,15H2. The lowest BCUT2D eigenvalue weighted by Gasteiger charge is -2.09. The van der Waals surface area contributed by atoms with Crippen LogP contribution in [0.4, 0.5) is 4.39 Å². The van der Waals surface area contributed by atoms with Gasteiger partial charge in [0.25, 0.3) is 0 Å². The smallest absolute Gasteiger partial charge is 0.235 e. The van der Waals surface area contributed by atoms with Crippen LogP contribution in [0.1, 0.15) is 5.56 Å². The van der Waals surface area contributed by atoms with Gasteiger partial charge in [-0.3, -0.25) is 4.79 Å². The van der Waals surface area contributed by atoms with Gasteiger partial charge in [0.2, 0.25) is 11.2 Å². The molecule has 0 aliphatic carbocycles. The molecular formula is C26H17FO4. The number of rotatable bonds is 5. The molecule has 0 bridgehead atoms. The Bertz CT molecular complexity index is 1440. The first-order valence-corrected chi connectivity index (χ1v) is 9.75. The number of hydrogen-bond donors (Lipinski definition) is 0. The fourth-order valence-corrected chi connectivity index (χ4v) is 3.36. The Labute approximate surface area is 177 Å². The topological polar surface area (TPSA) is 48.7 Å². The normalized spacial score (nSPS) is 11.0. The summed E-state index contributed by atoms with van der Waals surface area (Å²) in [6, 6.07) is 24.6. The molecule has 0 radical (unpaired) electrons. The summed E-state index contributed by atoms with van der Waals surface area (Å²) < 4.78 is 30.2. The lowest BCUT2D eigenvalue weighted by atomic mass is 10.1. The highest BCUT2D eigenvalue weighted by atomic mass is 19.1. The van der Waals surface area contributed by atoms with Gasteiger partial charge in [0.05, 0.1) is 5.39 Å². The quantitative estimate of drug-likeness (QED) is 0.333. The molecule has 4 aromatic carbocycles. The van der Waals surface area contributed by atoms with Gasteiger partial charge >= 0.3 is 0 Å². The van der Waals surface area contributed by atoms with Gasteiger partial charge in [0.1, 0.15) is 35.8 Å². The van der Waals surface area contributed by atoms with E-state index in [-0.39, 0.29) is 23.6 Å². The van der Waals surface area contributed by atoms with Crippen molar-refractivity contribution < 1.29 is 18.3 Å². The molecule has 0 aliphatic rings. The molecule has 5 heteroatoms. The summed E-state index contributed by atoms with van der Waals surface area (Å²) in [5.41, 5.74) is 0.967. The summed E-state index contributed by atoms with van der Waals surface area (Å²) in [5.74, 6) is 0.925. The van der Waals surface area contributed by atoms with Crippen LogP contribution in [0.25, 0.3) is 21.7 Å². The second kappa shape index (κ2) is 7.95. The van der Waals surface area contributed by atoms with E-state index in [1.165, 1.54) is 18.4 Å². The Balaban J connectivity index is 1.38. The van der Waals surface area contributed by atoms with Crippen LogP contribution in [0.2, 0.25) is 0 Å². The van der Waals surface area contributed by atoms with Crippen molar-refractivity contribution in [3.05, 3.63) is 113 Å². The van der Waals surface area contributed by atoms with Crippen molar-refractivity contribution in [1.29, 1.82) is 0 Å². The minimum Gasteiger partial charge on any atom is -0.489 e. The summed E-state index contributed by atoms with van der Waals surface area (Å²) in [6.45, 7) is 0.277. The van der Waals surface area contributed by atoms with Crippen molar-refractivity contribution >= 4 is 21.7 Å². The summed E-state index contributed by atoms with van der Waals surface area (Å²) >= 11 is 0. The highest BCUT2D eigenvalue weighted by molar-refractivity contribution is 5.84. The molecule has 0 aliphatic heterocycles. The van der Waals surface area contributed by atoms with Gasteiger partial charge in [0.15, 0.2) is 0 Å². The lowest BCUT2D eigenvalue weighted by molar-refractivity contribution is 0.306. The van der Waals surface area contributed by atoms with Gasteiger partial charge < -0.3 is 13.9 Å². The van der Waals surface area contributed by atoms with Gasteiger partial charge in [-0.2, -0.15) is 0 Å². The molecule has 0 atom stereocenters. The van der Waals surface area contributed by atoms with E-state index in [1.54, 1.807) is 30.3 Å². The molecule has 0 saturated carbocycles. The number of halogens is 1. The van der Waals surface area contributed by atoms with Crippen LogP contribution in [-0.4, -0.2) is 0 Å². The second-order valence-corrected chi connectivity index (χ2v) is 7.11. The second-order valence-electron chi connectivity index (χ2n) is 7.11. The van der Waals surface area contributed by atoms with Gasteiger partial charge in [-0.15, -0.1) is 0 Å². The van der Waals surface area contributed by atoms with E-state index >= 15 is 0 Å². The maximum Gasteiger partial charge on any atom is 0.235 e. The molecule has 0 saturated heterocycles. The van der Waals surface area contributed by atoms with Crippen LogP contribution in [0.3, 0.4) is 0 Å². The molecule has 0 unspecified atom stereocenters. The van der Waals surface area contributed by atoms with Crippen molar-refractivity contribution in [2.24, 2.45) is 0 Å². The van der Waals surface area contributed by atoms with Gasteiger partial charge in [0, 0.05) is 6.07 Å². The summed E-state index contributed by atoms with van der Waals surface area (Å²) in [7, 11) is 0. The van der Waals surface area contributed by atoms with E-state index in [9.17, 15) is 9.18 Å². The molecule has 0 N–H and O–H groups in total. The van der Waals surface area contributed by atoms with Crippen molar-refractivity contribution in [2.45, 2.75) is 6.61 Å². The summed E-state index contributed by atoms with van der Waals surface area (Å²) in [6.07, 6.45) is 1.31. The first kappa shape index (κ1) is 18.9. The van der Waals surface area contributed by atoms with E-state index in [0.717, 1.165) is 16.3 Å². The average molecular weight is 412 g/mol. The first-order chi connectivity index (χ1) is 15.2. The highest BCUT2D eigenvalue weighted by Gasteiger charge is 2.11. The molecule has 5 rings (SSSR count). The molecule has 1 aromatic heterocycles. The van der Waals surface area contributed by atoms with Crippen molar-refractivity contribution in [1.82, 2.24) is 0 Å². The summed E-state index contributed by atoms with van der Waals surface area (Å²) in [4.78, 5) is 12.9. The van der Waals surface area contributed by atoms with Gasteiger partial charge in [-0.05, 0) is 52.7 Å². The largest absolute Gasteiger partial charge is 0.489 e. The van der Waals surface area contributed by atoms with Crippen molar-refractivity contribution in [3.63, 3.8) is 0 Å². The average Bonchev–Trinajstić information content (AvgIpc) is 2.80. The van der Waals surface area contributed by atoms with E-state index in [2.05, 4.69) is 0 Å². The fraction of sp³-hybridized carbons (Fsp3) is 0.0385. The van der Waals surface area contributed by atoms with E-state index in [4.69, 9.17) is 13.9 Å². The fourth-order valence-electron chi connectivity index (χ4n) is 3.36. The number of hydrogen-bond acceptors (Lipinski definition) is 4. The molecule has 5 aromatic rings. The molecule has 0 spiro atoms. The van der Waals surface area contributed by atoms with Crippen LogP contribution in [-0.2, 0) is 6.61 Å². The highest BCUT2D eigenvalue weighted by Crippen LogP contribution is 2.27. The van der Waals surface area contributed by atoms with E-state index in [1.807, 2.05) is 42.5 Å². The van der Waals surface area contributed by atoms with Crippen LogP contribution < -0.4 is 14.9 Å². The predicted octanol–water partition coefficient (Wildman–Crippen LogP) is 6.46. The number of fused-ring (bicyclic) bond motifs is 2. The molecule has 0 fully saturated rings. The first-order valence-electron chi connectivity index (χ1n) is 9.75. The number of ether oxygens (including phenoxy) is 2. The van der Waals surface area contributed by atoms with Crippen molar-refractivity contribution in [2.75, 3.05) is 0 Å². The monoisotopic (exact) mass is 412 g/mol. The van der Waals surface area contributed by atoms with E-state index < -0.39 is 0 Å². The Morgan fingerprint density at radius 1 is 0.806 bits per heavy atom. The van der Waals surface area contributed by atoms with Gasteiger partial charge in [-0.25, -0.2) is 4.39 Å². The van der Waals surface area contributed by atoms with E-state index in [0.29, 0.717) is 22.5 Å². The Kier molecular flexibility index (Phi) is 4.84. The van der Waals surface area contributed by atoms with Crippen LogP contribution in [0, 0.1) is 5.82 Å². The third-order valence-corrected chi connectivity index (χ3v) is 4.98. The molecule has 31 heavy (non-hydrogen) atoms. The zero-order chi connectivity index (χ0) is 21.2. The summed E-state index contributed by atoms with van der Waals surface area (Å²) in [5, 5.41) is 2.51. The SMILES string of the molecule is O=c1c(Oc2ccc3ccccc3c2)coc2cc(OCc3ccc(F)cc3)ccc12.